The van der Waals surface area contributed by atoms with E-state index in [4.69, 9.17) is 23.3 Å². The molecule has 2 aromatic rings. The summed E-state index contributed by atoms with van der Waals surface area (Å²) in [5.74, 6) is 0. The van der Waals surface area contributed by atoms with E-state index in [0.29, 0.717) is 12.2 Å². The van der Waals surface area contributed by atoms with Gasteiger partial charge >= 0.3 is 5.69 Å². The third-order valence-corrected chi connectivity index (χ3v) is 9.24. The van der Waals surface area contributed by atoms with Crippen molar-refractivity contribution in [3.05, 3.63) is 68.5 Å². The monoisotopic (exact) mass is 535 g/mol. The van der Waals surface area contributed by atoms with E-state index < -0.39 is 49.9 Å². The van der Waals surface area contributed by atoms with Gasteiger partial charge in [0, 0.05) is 25.4 Å². The molecule has 12 heteroatoms. The number of H-pyrrole nitrogens is 1. The van der Waals surface area contributed by atoms with Crippen LogP contribution in [0, 0.1) is 6.92 Å². The Hall–Kier alpha value is -1.95. The standard InChI is InChI=1S/C25H34N3O8P/c1-16-14-27(24(31)26-22(16)30)23-21(33-13-12-32-3)20(18(15-29)34-23)35-37-28-11-7-10-19(28)25(2,36-37)17-8-5-4-6-9-17/h4-6,8-9,14,18-21,23,29H,7,10-13,15H2,1-3H3,(H,26,30,31)/t18-,19+,20?,21+,23-,25-,37+/m1/s1. The van der Waals surface area contributed by atoms with Crippen LogP contribution in [0.1, 0.15) is 37.1 Å². The van der Waals surface area contributed by atoms with Crippen molar-refractivity contribution in [1.82, 2.24) is 14.2 Å². The highest BCUT2D eigenvalue weighted by atomic mass is 31.2. The minimum Gasteiger partial charge on any atom is -0.394 e. The van der Waals surface area contributed by atoms with Gasteiger partial charge in [-0.2, -0.15) is 0 Å². The predicted molar refractivity (Wildman–Crippen MR) is 135 cm³/mol. The summed E-state index contributed by atoms with van der Waals surface area (Å²) in [7, 11) is 0.0624. The molecule has 1 aromatic heterocycles. The van der Waals surface area contributed by atoms with Gasteiger partial charge in [-0.05, 0) is 32.3 Å². The molecule has 0 saturated carbocycles. The third kappa shape index (κ3) is 4.95. The van der Waals surface area contributed by atoms with Gasteiger partial charge in [-0.3, -0.25) is 14.3 Å². The largest absolute Gasteiger partial charge is 0.394 e. The number of fused-ring (bicyclic) bond motifs is 1. The molecule has 7 atom stereocenters. The summed E-state index contributed by atoms with van der Waals surface area (Å²) in [6.45, 7) is 4.76. The SMILES string of the molecule is COCCO[C@H]1C(O[P@@]2O[C@](C)(c3ccccc3)[C@@H]3CCCN32)[C@@H](CO)O[C@H]1n1cc(C)c(=O)[nH]c1=O. The number of benzene rings is 1. The molecule has 0 radical (unpaired) electrons. The molecule has 1 aromatic carbocycles. The average Bonchev–Trinajstić information content (AvgIpc) is 3.58. The first kappa shape index (κ1) is 26.6. The molecule has 202 valence electrons. The van der Waals surface area contributed by atoms with E-state index in [1.807, 2.05) is 18.2 Å². The molecule has 0 amide bonds. The Morgan fingerprint density at radius 2 is 2.00 bits per heavy atom. The number of ether oxygens (including phenoxy) is 3. The van der Waals surface area contributed by atoms with E-state index in [1.165, 1.54) is 10.8 Å². The minimum absolute atomic E-state index is 0.157. The topological polar surface area (TPSA) is 124 Å². The first-order valence-corrected chi connectivity index (χ1v) is 13.7. The predicted octanol–water partition coefficient (Wildman–Crippen LogP) is 1.79. The van der Waals surface area contributed by atoms with Gasteiger partial charge in [0.25, 0.3) is 14.1 Å². The summed E-state index contributed by atoms with van der Waals surface area (Å²) < 4.78 is 34.3. The van der Waals surface area contributed by atoms with E-state index in [2.05, 4.69) is 28.7 Å². The van der Waals surface area contributed by atoms with E-state index in [9.17, 15) is 14.7 Å². The van der Waals surface area contributed by atoms with Gasteiger partial charge in [0.2, 0.25) is 0 Å². The van der Waals surface area contributed by atoms with Crippen molar-refractivity contribution in [2.45, 2.75) is 62.9 Å². The fourth-order valence-electron chi connectivity index (χ4n) is 5.41. The van der Waals surface area contributed by atoms with Crippen molar-refractivity contribution in [2.24, 2.45) is 0 Å². The van der Waals surface area contributed by atoms with Gasteiger partial charge in [0.15, 0.2) is 6.23 Å². The Kier molecular flexibility index (Phi) is 7.95. The van der Waals surface area contributed by atoms with E-state index in [1.54, 1.807) is 14.0 Å². The molecular weight excluding hydrogens is 501 g/mol. The van der Waals surface area contributed by atoms with Crippen molar-refractivity contribution in [1.29, 1.82) is 0 Å². The second-order valence-electron chi connectivity index (χ2n) is 9.75. The summed E-state index contributed by atoms with van der Waals surface area (Å²) in [4.78, 5) is 27.0. The Morgan fingerprint density at radius 3 is 2.73 bits per heavy atom. The van der Waals surface area contributed by atoms with Crippen LogP contribution in [0.2, 0.25) is 0 Å². The van der Waals surface area contributed by atoms with Gasteiger partial charge in [-0.1, -0.05) is 30.3 Å². The van der Waals surface area contributed by atoms with Crippen LogP contribution >= 0.6 is 8.53 Å². The molecule has 3 fully saturated rings. The summed E-state index contributed by atoms with van der Waals surface area (Å²) in [5, 5.41) is 10.2. The number of aromatic nitrogens is 2. The van der Waals surface area contributed by atoms with Crippen molar-refractivity contribution >= 4 is 8.53 Å². The number of aromatic amines is 1. The zero-order chi connectivity index (χ0) is 26.2. The Balaban J connectivity index is 1.45. The van der Waals surface area contributed by atoms with Crippen molar-refractivity contribution in [3.63, 3.8) is 0 Å². The highest BCUT2D eigenvalue weighted by Crippen LogP contribution is 2.64. The van der Waals surface area contributed by atoms with Crippen LogP contribution in [-0.2, 0) is 28.9 Å². The normalized spacial score (nSPS) is 33.7. The number of hydrogen-bond donors (Lipinski definition) is 2. The Morgan fingerprint density at radius 1 is 1.22 bits per heavy atom. The minimum atomic E-state index is -1.51. The fraction of sp³-hybridized carbons (Fsp3) is 0.600. The molecule has 0 spiro atoms. The number of nitrogens with one attached hydrogen (secondary N) is 1. The smallest absolute Gasteiger partial charge is 0.330 e. The molecule has 0 aliphatic carbocycles. The molecule has 11 nitrogen and oxygen atoms in total. The molecule has 2 N–H and O–H groups in total. The first-order chi connectivity index (χ1) is 17.9. The Labute approximate surface area is 216 Å². The molecule has 3 saturated heterocycles. The first-order valence-electron chi connectivity index (χ1n) is 12.5. The van der Waals surface area contributed by atoms with Gasteiger partial charge in [-0.15, -0.1) is 0 Å². The lowest BCUT2D eigenvalue weighted by molar-refractivity contribution is -0.0812. The highest BCUT2D eigenvalue weighted by molar-refractivity contribution is 7.45. The second-order valence-corrected chi connectivity index (χ2v) is 11.1. The summed E-state index contributed by atoms with van der Waals surface area (Å²) in [5.41, 5.74) is -0.201. The van der Waals surface area contributed by atoms with E-state index >= 15 is 0 Å². The molecular formula is C25H34N3O8P. The quantitative estimate of drug-likeness (QED) is 0.365. The maximum absolute atomic E-state index is 12.7. The lowest BCUT2D eigenvalue weighted by atomic mass is 9.87. The highest BCUT2D eigenvalue weighted by Gasteiger charge is 2.57. The average molecular weight is 536 g/mol. The van der Waals surface area contributed by atoms with Crippen LogP contribution in [0.4, 0.5) is 0 Å². The number of aryl methyl sites for hydroxylation is 1. The van der Waals surface area contributed by atoms with Crippen LogP contribution in [0.25, 0.3) is 0 Å². The number of aliphatic hydroxyl groups excluding tert-OH is 1. The van der Waals surface area contributed by atoms with Crippen LogP contribution in [-0.4, -0.2) is 77.2 Å². The van der Waals surface area contributed by atoms with E-state index in [0.717, 1.165) is 24.9 Å². The summed E-state index contributed by atoms with van der Waals surface area (Å²) in [6, 6.07) is 10.3. The van der Waals surface area contributed by atoms with Crippen LogP contribution in [0.5, 0.6) is 0 Å². The van der Waals surface area contributed by atoms with Gasteiger partial charge in [-0.25, -0.2) is 9.46 Å². The number of rotatable bonds is 9. The van der Waals surface area contributed by atoms with Crippen molar-refractivity contribution in [3.8, 4) is 0 Å². The van der Waals surface area contributed by atoms with Gasteiger partial charge in [0.05, 0.1) is 25.9 Å². The molecule has 1 unspecified atom stereocenters. The van der Waals surface area contributed by atoms with Gasteiger partial charge in [0.1, 0.15) is 23.9 Å². The molecule has 37 heavy (non-hydrogen) atoms. The molecule has 3 aliphatic rings. The lowest BCUT2D eigenvalue weighted by Gasteiger charge is -2.29. The zero-order valence-corrected chi connectivity index (χ0v) is 22.1. The van der Waals surface area contributed by atoms with E-state index in [-0.39, 0.29) is 19.3 Å². The lowest BCUT2D eigenvalue weighted by Crippen LogP contribution is -2.41. The number of hydrogen-bond acceptors (Lipinski definition) is 9. The molecule has 0 bridgehead atoms. The van der Waals surface area contributed by atoms with Crippen molar-refractivity contribution in [2.75, 3.05) is 33.5 Å². The second kappa shape index (κ2) is 11.0. The van der Waals surface area contributed by atoms with Crippen LogP contribution in [0.15, 0.2) is 46.1 Å². The third-order valence-electron chi connectivity index (χ3n) is 7.38. The van der Waals surface area contributed by atoms with Crippen molar-refractivity contribution < 1.29 is 28.4 Å². The zero-order valence-electron chi connectivity index (χ0n) is 21.2. The molecule has 5 rings (SSSR count). The molecule has 4 heterocycles. The summed E-state index contributed by atoms with van der Waals surface area (Å²) in [6.07, 6.45) is 0.284. The maximum Gasteiger partial charge on any atom is 0.330 e. The number of nitrogens with zero attached hydrogens (tertiary/aromatic N) is 2. The van der Waals surface area contributed by atoms with Crippen LogP contribution < -0.4 is 11.2 Å². The maximum atomic E-state index is 12.7. The molecule has 3 aliphatic heterocycles. The number of methoxy groups -OCH3 is 1. The van der Waals surface area contributed by atoms with Crippen LogP contribution in [0.3, 0.4) is 0 Å². The van der Waals surface area contributed by atoms with Gasteiger partial charge < -0.3 is 28.4 Å². The fourth-order valence-corrected chi connectivity index (χ4v) is 7.56. The summed E-state index contributed by atoms with van der Waals surface area (Å²) >= 11 is 0. The Bertz CT molecular complexity index is 1190. The number of aliphatic hydroxyl groups is 1.